The van der Waals surface area contributed by atoms with Crippen LogP contribution in [0, 0.1) is 3.57 Å². The van der Waals surface area contributed by atoms with Crippen LogP contribution in [0.1, 0.15) is 23.7 Å². The molecule has 1 aromatic carbocycles. The zero-order valence-corrected chi connectivity index (χ0v) is 13.1. The number of nitrogens with two attached hydrogens (primary N) is 1. The number of hydrogen-bond acceptors (Lipinski definition) is 2. The zero-order chi connectivity index (χ0) is 12.1. The third-order valence-corrected chi connectivity index (χ3v) is 3.23. The standard InChI is InChI=1S/C11H14ClIN2O.ClH/c1-7(14)4-5-15-11(16)9-6-8(12)2-3-10(9)13;/h2-3,6-7H,4-5,14H2,1H3,(H,15,16);1H. The number of rotatable bonds is 4. The topological polar surface area (TPSA) is 55.1 Å². The van der Waals surface area contributed by atoms with Gasteiger partial charge in [0.2, 0.25) is 0 Å². The van der Waals surface area contributed by atoms with Gasteiger partial charge in [-0.2, -0.15) is 0 Å². The van der Waals surface area contributed by atoms with Gasteiger partial charge in [-0.1, -0.05) is 11.6 Å². The van der Waals surface area contributed by atoms with E-state index in [4.69, 9.17) is 17.3 Å². The molecule has 1 rings (SSSR count). The minimum Gasteiger partial charge on any atom is -0.352 e. The summed E-state index contributed by atoms with van der Waals surface area (Å²) in [7, 11) is 0. The second-order valence-electron chi connectivity index (χ2n) is 3.65. The minimum absolute atomic E-state index is 0. The molecule has 0 fully saturated rings. The summed E-state index contributed by atoms with van der Waals surface area (Å²) in [4.78, 5) is 11.8. The molecule has 0 radical (unpaired) electrons. The smallest absolute Gasteiger partial charge is 0.252 e. The van der Waals surface area contributed by atoms with Crippen LogP contribution in [0.25, 0.3) is 0 Å². The SMILES string of the molecule is CC(N)CCNC(=O)c1cc(Cl)ccc1I.Cl. The van der Waals surface area contributed by atoms with Crippen molar-refractivity contribution in [2.45, 2.75) is 19.4 Å². The van der Waals surface area contributed by atoms with Crippen LogP contribution < -0.4 is 11.1 Å². The summed E-state index contributed by atoms with van der Waals surface area (Å²) in [6, 6.07) is 5.36. The number of halogens is 3. The average molecular weight is 389 g/mol. The fraction of sp³-hybridized carbons (Fsp3) is 0.364. The highest BCUT2D eigenvalue weighted by Crippen LogP contribution is 2.17. The second kappa shape index (κ2) is 8.13. The van der Waals surface area contributed by atoms with Gasteiger partial charge in [0.05, 0.1) is 5.56 Å². The molecule has 0 aromatic heterocycles. The van der Waals surface area contributed by atoms with Gasteiger partial charge in [0, 0.05) is 21.2 Å². The first-order valence-electron chi connectivity index (χ1n) is 4.99. The average Bonchev–Trinajstić information content (AvgIpc) is 2.21. The molecule has 0 spiro atoms. The van der Waals surface area contributed by atoms with Gasteiger partial charge in [-0.05, 0) is 54.1 Å². The van der Waals surface area contributed by atoms with Crippen LogP contribution in [-0.4, -0.2) is 18.5 Å². The summed E-state index contributed by atoms with van der Waals surface area (Å²) in [5.41, 5.74) is 6.21. The van der Waals surface area contributed by atoms with Gasteiger partial charge in [0.25, 0.3) is 5.91 Å². The molecular formula is C11H15Cl2IN2O. The lowest BCUT2D eigenvalue weighted by atomic mass is 10.2. The van der Waals surface area contributed by atoms with Crippen molar-refractivity contribution in [2.24, 2.45) is 5.73 Å². The van der Waals surface area contributed by atoms with Crippen molar-refractivity contribution in [2.75, 3.05) is 6.54 Å². The fourth-order valence-electron chi connectivity index (χ4n) is 1.18. The molecule has 1 unspecified atom stereocenters. The minimum atomic E-state index is -0.104. The molecular weight excluding hydrogens is 374 g/mol. The first-order chi connectivity index (χ1) is 7.50. The van der Waals surface area contributed by atoms with E-state index >= 15 is 0 Å². The van der Waals surface area contributed by atoms with Crippen LogP contribution in [-0.2, 0) is 0 Å². The molecule has 0 saturated carbocycles. The third kappa shape index (κ3) is 5.90. The maximum Gasteiger partial charge on any atom is 0.252 e. The van der Waals surface area contributed by atoms with Crippen LogP contribution >= 0.6 is 46.6 Å². The molecule has 0 bridgehead atoms. The van der Waals surface area contributed by atoms with E-state index in [0.29, 0.717) is 17.1 Å². The van der Waals surface area contributed by atoms with Crippen LogP contribution in [0.2, 0.25) is 5.02 Å². The molecule has 0 aliphatic rings. The van der Waals surface area contributed by atoms with Gasteiger partial charge in [0.15, 0.2) is 0 Å². The summed E-state index contributed by atoms with van der Waals surface area (Å²) in [6.45, 7) is 2.49. The van der Waals surface area contributed by atoms with E-state index in [1.54, 1.807) is 12.1 Å². The van der Waals surface area contributed by atoms with Gasteiger partial charge in [-0.25, -0.2) is 0 Å². The van der Waals surface area contributed by atoms with Crippen molar-refractivity contribution in [3.63, 3.8) is 0 Å². The van der Waals surface area contributed by atoms with Gasteiger partial charge in [0.1, 0.15) is 0 Å². The lowest BCUT2D eigenvalue weighted by Crippen LogP contribution is -2.29. The van der Waals surface area contributed by atoms with Crippen LogP contribution in [0.4, 0.5) is 0 Å². The molecule has 0 aliphatic heterocycles. The van der Waals surface area contributed by atoms with E-state index in [1.165, 1.54) is 0 Å². The van der Waals surface area contributed by atoms with E-state index in [2.05, 4.69) is 27.9 Å². The summed E-state index contributed by atoms with van der Waals surface area (Å²) >= 11 is 7.96. The second-order valence-corrected chi connectivity index (χ2v) is 5.24. The highest BCUT2D eigenvalue weighted by atomic mass is 127. The van der Waals surface area contributed by atoms with E-state index in [1.807, 2.05) is 13.0 Å². The van der Waals surface area contributed by atoms with Crippen molar-refractivity contribution in [1.82, 2.24) is 5.32 Å². The lowest BCUT2D eigenvalue weighted by molar-refractivity contribution is 0.0952. The molecule has 96 valence electrons. The molecule has 0 aliphatic carbocycles. The van der Waals surface area contributed by atoms with Gasteiger partial charge < -0.3 is 11.1 Å². The van der Waals surface area contributed by atoms with E-state index in [-0.39, 0.29) is 24.4 Å². The Morgan fingerprint density at radius 1 is 1.59 bits per heavy atom. The zero-order valence-electron chi connectivity index (χ0n) is 9.37. The Kier molecular flexibility index (Phi) is 8.11. The van der Waals surface area contributed by atoms with Crippen molar-refractivity contribution in [1.29, 1.82) is 0 Å². The lowest BCUT2D eigenvalue weighted by Gasteiger charge is -2.08. The van der Waals surface area contributed by atoms with E-state index in [9.17, 15) is 4.79 Å². The maximum absolute atomic E-state index is 11.8. The van der Waals surface area contributed by atoms with Crippen LogP contribution in [0.5, 0.6) is 0 Å². The van der Waals surface area contributed by atoms with E-state index in [0.717, 1.165) is 9.99 Å². The van der Waals surface area contributed by atoms with Gasteiger partial charge >= 0.3 is 0 Å². The molecule has 0 saturated heterocycles. The Hall–Kier alpha value is -0.0400. The first kappa shape index (κ1) is 17.0. The van der Waals surface area contributed by atoms with Crippen molar-refractivity contribution in [3.8, 4) is 0 Å². The quantitative estimate of drug-likeness (QED) is 0.779. The number of benzene rings is 1. The normalized spacial score (nSPS) is 11.5. The van der Waals surface area contributed by atoms with Gasteiger partial charge in [-0.3, -0.25) is 4.79 Å². The summed E-state index contributed by atoms with van der Waals surface area (Å²) in [6.07, 6.45) is 0.767. The highest BCUT2D eigenvalue weighted by molar-refractivity contribution is 14.1. The monoisotopic (exact) mass is 388 g/mol. The van der Waals surface area contributed by atoms with Crippen molar-refractivity contribution >= 4 is 52.5 Å². The molecule has 1 amide bonds. The Morgan fingerprint density at radius 2 is 2.24 bits per heavy atom. The summed E-state index contributed by atoms with van der Waals surface area (Å²) in [5.74, 6) is -0.104. The predicted octanol–water partition coefficient (Wildman–Crippen LogP) is 2.83. The van der Waals surface area contributed by atoms with Crippen molar-refractivity contribution in [3.05, 3.63) is 32.4 Å². The number of nitrogens with one attached hydrogen (secondary N) is 1. The molecule has 17 heavy (non-hydrogen) atoms. The third-order valence-electron chi connectivity index (χ3n) is 2.06. The summed E-state index contributed by atoms with van der Waals surface area (Å²) < 4.78 is 0.889. The number of hydrogen-bond donors (Lipinski definition) is 2. The maximum atomic E-state index is 11.8. The number of carbonyl (C=O) groups excluding carboxylic acids is 1. The van der Waals surface area contributed by atoms with Crippen LogP contribution in [0.15, 0.2) is 18.2 Å². The van der Waals surface area contributed by atoms with Crippen LogP contribution in [0.3, 0.4) is 0 Å². The Balaban J connectivity index is 0.00000256. The van der Waals surface area contributed by atoms with E-state index < -0.39 is 0 Å². The molecule has 3 nitrogen and oxygen atoms in total. The molecule has 0 heterocycles. The number of carbonyl (C=O) groups is 1. The molecule has 3 N–H and O–H groups in total. The number of amides is 1. The summed E-state index contributed by atoms with van der Waals surface area (Å²) in [5, 5.41) is 3.38. The predicted molar refractivity (Wildman–Crippen MR) is 82.0 cm³/mol. The van der Waals surface area contributed by atoms with Crippen molar-refractivity contribution < 1.29 is 4.79 Å². The Morgan fingerprint density at radius 3 is 2.82 bits per heavy atom. The highest BCUT2D eigenvalue weighted by Gasteiger charge is 2.09. The fourth-order valence-corrected chi connectivity index (χ4v) is 1.93. The largest absolute Gasteiger partial charge is 0.352 e. The Bertz CT molecular complexity index is 386. The molecule has 6 heteroatoms. The van der Waals surface area contributed by atoms with Gasteiger partial charge in [-0.15, -0.1) is 12.4 Å². The molecule has 1 aromatic rings. The Labute approximate surface area is 126 Å². The molecule has 1 atom stereocenters. The first-order valence-corrected chi connectivity index (χ1v) is 6.45.